The van der Waals surface area contributed by atoms with E-state index < -0.39 is 16.1 Å². The quantitative estimate of drug-likeness (QED) is 0.589. The Morgan fingerprint density at radius 1 is 1.00 bits per heavy atom. The zero-order valence-electron chi connectivity index (χ0n) is 18.5. The molecule has 0 saturated carbocycles. The van der Waals surface area contributed by atoms with Crippen molar-refractivity contribution < 1.29 is 32.2 Å². The van der Waals surface area contributed by atoms with E-state index in [1.165, 1.54) is 28.4 Å². The first-order chi connectivity index (χ1) is 14.6. The number of rotatable bonds is 10. The molecule has 2 aromatic carbocycles. The van der Waals surface area contributed by atoms with Crippen molar-refractivity contribution in [1.29, 1.82) is 0 Å². The van der Waals surface area contributed by atoms with Gasteiger partial charge in [-0.3, -0.25) is 9.10 Å². The fraction of sp³-hybridized carbons (Fsp3) is 0.381. The predicted molar refractivity (Wildman–Crippen MR) is 118 cm³/mol. The van der Waals surface area contributed by atoms with Crippen molar-refractivity contribution in [3.8, 4) is 23.0 Å². The Kier molecular flexibility index (Phi) is 7.98. The Balaban J connectivity index is 2.02. The summed E-state index contributed by atoms with van der Waals surface area (Å²) in [5, 5.41) is 2.80. The van der Waals surface area contributed by atoms with Crippen LogP contribution in [0.4, 0.5) is 5.69 Å². The number of carbonyl (C=O) groups excluding carboxylic acids is 1. The van der Waals surface area contributed by atoms with E-state index in [1.807, 2.05) is 0 Å². The zero-order valence-corrected chi connectivity index (χ0v) is 19.3. The Morgan fingerprint density at radius 2 is 1.61 bits per heavy atom. The number of carbonyl (C=O) groups is 1. The minimum atomic E-state index is -3.35. The zero-order chi connectivity index (χ0) is 23.2. The van der Waals surface area contributed by atoms with Gasteiger partial charge in [0.1, 0.15) is 5.75 Å². The number of hydrogen-bond acceptors (Lipinski definition) is 7. The van der Waals surface area contributed by atoms with E-state index in [4.69, 9.17) is 18.9 Å². The molecular formula is C21H28N2O7S. The van der Waals surface area contributed by atoms with Gasteiger partial charge in [-0.1, -0.05) is 0 Å². The summed E-state index contributed by atoms with van der Waals surface area (Å²) in [4.78, 5) is 12.5. The van der Waals surface area contributed by atoms with Crippen LogP contribution in [-0.4, -0.2) is 55.1 Å². The van der Waals surface area contributed by atoms with E-state index >= 15 is 0 Å². The molecule has 0 spiro atoms. The first-order valence-corrected chi connectivity index (χ1v) is 11.2. The van der Waals surface area contributed by atoms with Crippen molar-refractivity contribution >= 4 is 21.6 Å². The van der Waals surface area contributed by atoms with Gasteiger partial charge in [0.15, 0.2) is 17.6 Å². The minimum absolute atomic E-state index is 0.203. The molecule has 0 saturated heterocycles. The van der Waals surface area contributed by atoms with Crippen molar-refractivity contribution in [2.75, 3.05) is 38.9 Å². The Labute approximate surface area is 182 Å². The van der Waals surface area contributed by atoms with Crippen molar-refractivity contribution in [3.05, 3.63) is 42.0 Å². The van der Waals surface area contributed by atoms with Crippen LogP contribution in [0.25, 0.3) is 0 Å². The second kappa shape index (κ2) is 10.3. The van der Waals surface area contributed by atoms with E-state index in [-0.39, 0.29) is 12.5 Å². The van der Waals surface area contributed by atoms with E-state index in [1.54, 1.807) is 43.3 Å². The van der Waals surface area contributed by atoms with Crippen LogP contribution in [0, 0.1) is 0 Å². The summed E-state index contributed by atoms with van der Waals surface area (Å²) >= 11 is 0. The molecule has 0 aromatic heterocycles. The lowest BCUT2D eigenvalue weighted by atomic mass is 10.1. The second-order valence-electron chi connectivity index (χ2n) is 6.70. The van der Waals surface area contributed by atoms with Gasteiger partial charge in [0.05, 0.1) is 33.3 Å². The average molecular weight is 453 g/mol. The Hall–Kier alpha value is -3.14. The topological polar surface area (TPSA) is 103 Å². The number of ether oxygens (including phenoxy) is 4. The highest BCUT2D eigenvalue weighted by atomic mass is 32.2. The molecule has 0 heterocycles. The van der Waals surface area contributed by atoms with E-state index in [0.717, 1.165) is 10.6 Å². The maximum atomic E-state index is 12.5. The Bertz CT molecular complexity index is 1010. The molecule has 2 aromatic rings. The lowest BCUT2D eigenvalue weighted by Crippen LogP contribution is -2.36. The van der Waals surface area contributed by atoms with Crippen LogP contribution in [0.2, 0.25) is 0 Å². The summed E-state index contributed by atoms with van der Waals surface area (Å²) in [5.41, 5.74) is 1.21. The summed E-state index contributed by atoms with van der Waals surface area (Å²) in [6, 6.07) is 9.95. The van der Waals surface area contributed by atoms with Gasteiger partial charge in [-0.15, -0.1) is 0 Å². The molecule has 0 bridgehead atoms. The van der Waals surface area contributed by atoms with Gasteiger partial charge >= 0.3 is 0 Å². The number of anilines is 1. The molecule has 0 aliphatic rings. The third-order valence-electron chi connectivity index (χ3n) is 4.62. The smallest absolute Gasteiger partial charge is 0.261 e. The molecule has 1 atom stereocenters. The van der Waals surface area contributed by atoms with Crippen LogP contribution in [0.3, 0.4) is 0 Å². The minimum Gasteiger partial charge on any atom is -0.493 e. The van der Waals surface area contributed by atoms with Crippen LogP contribution in [0.1, 0.15) is 12.5 Å². The molecule has 1 amide bonds. The average Bonchev–Trinajstić information content (AvgIpc) is 2.75. The molecule has 0 fully saturated rings. The maximum Gasteiger partial charge on any atom is 0.261 e. The largest absolute Gasteiger partial charge is 0.493 e. The third kappa shape index (κ3) is 5.94. The van der Waals surface area contributed by atoms with Crippen molar-refractivity contribution in [2.24, 2.45) is 0 Å². The van der Waals surface area contributed by atoms with Crippen molar-refractivity contribution in [1.82, 2.24) is 5.32 Å². The normalized spacial score (nSPS) is 11.9. The van der Waals surface area contributed by atoms with Crippen LogP contribution in [0.5, 0.6) is 23.0 Å². The van der Waals surface area contributed by atoms with Gasteiger partial charge in [0.2, 0.25) is 15.8 Å². The molecule has 0 unspecified atom stereocenters. The summed E-state index contributed by atoms with van der Waals surface area (Å²) in [6.07, 6.45) is 0.349. The lowest BCUT2D eigenvalue weighted by Gasteiger charge is -2.19. The van der Waals surface area contributed by atoms with Crippen LogP contribution in [-0.2, 0) is 21.4 Å². The monoisotopic (exact) mass is 452 g/mol. The number of hydrogen-bond donors (Lipinski definition) is 1. The van der Waals surface area contributed by atoms with Crippen LogP contribution >= 0.6 is 0 Å². The molecule has 0 aliphatic heterocycles. The van der Waals surface area contributed by atoms with Gasteiger partial charge in [-0.05, 0) is 43.3 Å². The van der Waals surface area contributed by atoms with Gasteiger partial charge in [0.25, 0.3) is 5.91 Å². The van der Waals surface area contributed by atoms with E-state index in [9.17, 15) is 13.2 Å². The third-order valence-corrected chi connectivity index (χ3v) is 5.82. The van der Waals surface area contributed by atoms with Gasteiger partial charge in [-0.25, -0.2) is 8.42 Å². The Morgan fingerprint density at radius 3 is 2.13 bits per heavy atom. The van der Waals surface area contributed by atoms with Crippen LogP contribution < -0.4 is 28.6 Å². The fourth-order valence-corrected chi connectivity index (χ4v) is 3.32. The van der Waals surface area contributed by atoms with Gasteiger partial charge in [0, 0.05) is 19.2 Å². The second-order valence-corrected chi connectivity index (χ2v) is 8.71. The number of nitrogens with one attached hydrogen (secondary N) is 1. The molecule has 2 rings (SSSR count). The van der Waals surface area contributed by atoms with E-state index in [2.05, 4.69) is 5.32 Å². The SMILES string of the molecule is COc1ccc(CNC(=O)[C@@H](C)Oc2ccc(N(C)S(C)(=O)=O)cc2)c(OC)c1OC. The summed E-state index contributed by atoms with van der Waals surface area (Å²) in [6.45, 7) is 1.83. The molecule has 9 nitrogen and oxygen atoms in total. The van der Waals surface area contributed by atoms with Crippen LogP contribution in [0.15, 0.2) is 36.4 Å². The summed E-state index contributed by atoms with van der Waals surface area (Å²) < 4.78 is 46.1. The fourth-order valence-electron chi connectivity index (χ4n) is 2.81. The highest BCUT2D eigenvalue weighted by molar-refractivity contribution is 7.92. The number of benzene rings is 2. The van der Waals surface area contributed by atoms with Crippen molar-refractivity contribution in [2.45, 2.75) is 19.6 Å². The molecular weight excluding hydrogens is 424 g/mol. The van der Waals surface area contributed by atoms with Gasteiger partial charge < -0.3 is 24.3 Å². The molecule has 31 heavy (non-hydrogen) atoms. The molecule has 0 radical (unpaired) electrons. The predicted octanol–water partition coefficient (Wildman–Crippen LogP) is 2.19. The van der Waals surface area contributed by atoms with Crippen molar-refractivity contribution in [3.63, 3.8) is 0 Å². The lowest BCUT2D eigenvalue weighted by molar-refractivity contribution is -0.127. The first-order valence-electron chi connectivity index (χ1n) is 9.38. The molecule has 10 heteroatoms. The first kappa shape index (κ1) is 24.1. The molecule has 0 aliphatic carbocycles. The standard InChI is InChI=1S/C21H28N2O7S/c1-14(30-17-10-8-16(9-11-17)23(2)31(6,25)26)21(24)22-13-15-7-12-18(27-3)20(29-5)19(15)28-4/h7-12,14H,13H2,1-6H3,(H,22,24)/t14-/m1/s1. The van der Waals surface area contributed by atoms with Gasteiger partial charge in [-0.2, -0.15) is 0 Å². The number of nitrogens with zero attached hydrogens (tertiary/aromatic N) is 1. The highest BCUT2D eigenvalue weighted by Gasteiger charge is 2.19. The number of sulfonamides is 1. The number of methoxy groups -OCH3 is 3. The summed E-state index contributed by atoms with van der Waals surface area (Å²) in [5.74, 6) is 1.56. The van der Waals surface area contributed by atoms with E-state index in [0.29, 0.717) is 34.2 Å². The maximum absolute atomic E-state index is 12.5. The highest BCUT2D eigenvalue weighted by Crippen LogP contribution is 2.39. The molecule has 170 valence electrons. The number of amides is 1. The summed E-state index contributed by atoms with van der Waals surface area (Å²) in [7, 11) is 2.66. The molecule has 1 N–H and O–H groups in total.